The molecule has 0 aromatic heterocycles. The molecule has 2 rings (SSSR count). The first-order chi connectivity index (χ1) is 7.14. The third-order valence-electron chi connectivity index (χ3n) is 3.16. The molecule has 0 saturated carbocycles. The van der Waals surface area contributed by atoms with Crippen molar-refractivity contribution in [2.75, 3.05) is 19.6 Å². The van der Waals surface area contributed by atoms with Gasteiger partial charge in [-0.15, -0.1) is 0 Å². The predicted octanol–water partition coefficient (Wildman–Crippen LogP) is 2.25. The first-order valence-electron chi connectivity index (χ1n) is 5.35. The second kappa shape index (κ2) is 4.12. The standard InChI is InChI=1S/C12H16ClNO/c1-2-14-8-7-12(15,9-14)10-3-5-11(13)6-4-10/h3-6,15H,2,7-9H2,1H3. The van der Waals surface area contributed by atoms with Crippen LogP contribution in [0.2, 0.25) is 5.02 Å². The first-order valence-corrected chi connectivity index (χ1v) is 5.72. The van der Waals surface area contributed by atoms with Gasteiger partial charge in [-0.25, -0.2) is 0 Å². The second-order valence-corrected chi connectivity index (χ2v) is 4.59. The van der Waals surface area contributed by atoms with Gasteiger partial charge in [0, 0.05) is 18.1 Å². The Morgan fingerprint density at radius 3 is 2.60 bits per heavy atom. The lowest BCUT2D eigenvalue weighted by atomic mass is 9.93. The molecule has 1 unspecified atom stereocenters. The van der Waals surface area contributed by atoms with Gasteiger partial charge in [0.15, 0.2) is 0 Å². The van der Waals surface area contributed by atoms with Gasteiger partial charge >= 0.3 is 0 Å². The summed E-state index contributed by atoms with van der Waals surface area (Å²) >= 11 is 5.83. The maximum Gasteiger partial charge on any atom is 0.103 e. The average Bonchev–Trinajstić information content (AvgIpc) is 2.62. The Hall–Kier alpha value is -0.570. The van der Waals surface area contributed by atoms with Gasteiger partial charge in [0.05, 0.1) is 0 Å². The molecule has 1 fully saturated rings. The maximum absolute atomic E-state index is 10.5. The van der Waals surface area contributed by atoms with Gasteiger partial charge in [-0.3, -0.25) is 0 Å². The molecule has 3 heteroatoms. The van der Waals surface area contributed by atoms with Crippen molar-refractivity contribution in [3.8, 4) is 0 Å². The number of aliphatic hydroxyl groups is 1. The van der Waals surface area contributed by atoms with Crippen LogP contribution in [0.5, 0.6) is 0 Å². The summed E-state index contributed by atoms with van der Waals surface area (Å²) in [5, 5.41) is 11.2. The van der Waals surface area contributed by atoms with E-state index in [-0.39, 0.29) is 0 Å². The Kier molecular flexibility index (Phi) is 3.01. The zero-order valence-electron chi connectivity index (χ0n) is 8.91. The molecule has 1 aromatic rings. The largest absolute Gasteiger partial charge is 0.384 e. The van der Waals surface area contributed by atoms with E-state index in [2.05, 4.69) is 11.8 Å². The van der Waals surface area contributed by atoms with Crippen molar-refractivity contribution in [1.82, 2.24) is 4.90 Å². The van der Waals surface area contributed by atoms with Crippen LogP contribution in [0.15, 0.2) is 24.3 Å². The van der Waals surface area contributed by atoms with Crippen LogP contribution < -0.4 is 0 Å². The van der Waals surface area contributed by atoms with Crippen LogP contribution in [-0.2, 0) is 5.60 Å². The Bertz CT molecular complexity index is 338. The summed E-state index contributed by atoms with van der Waals surface area (Å²) < 4.78 is 0. The van der Waals surface area contributed by atoms with Crippen molar-refractivity contribution in [2.45, 2.75) is 18.9 Å². The van der Waals surface area contributed by atoms with Crippen LogP contribution in [0.3, 0.4) is 0 Å². The topological polar surface area (TPSA) is 23.5 Å². The lowest BCUT2D eigenvalue weighted by Crippen LogP contribution is -2.30. The summed E-state index contributed by atoms with van der Waals surface area (Å²) in [6.45, 7) is 4.81. The van der Waals surface area contributed by atoms with E-state index in [0.717, 1.165) is 31.6 Å². The van der Waals surface area contributed by atoms with Crippen LogP contribution in [-0.4, -0.2) is 29.6 Å². The third kappa shape index (κ3) is 2.17. The summed E-state index contributed by atoms with van der Waals surface area (Å²) in [7, 11) is 0. The highest BCUT2D eigenvalue weighted by Crippen LogP contribution is 2.32. The fourth-order valence-electron chi connectivity index (χ4n) is 2.14. The molecule has 1 atom stereocenters. The van der Waals surface area contributed by atoms with E-state index >= 15 is 0 Å². The van der Waals surface area contributed by atoms with Crippen LogP contribution in [0.25, 0.3) is 0 Å². The normalized spacial score (nSPS) is 27.1. The molecular weight excluding hydrogens is 210 g/mol. The Labute approximate surface area is 95.5 Å². The minimum absolute atomic E-state index is 0.680. The second-order valence-electron chi connectivity index (χ2n) is 4.16. The monoisotopic (exact) mass is 225 g/mol. The summed E-state index contributed by atoms with van der Waals surface area (Å²) in [5.41, 5.74) is 0.295. The summed E-state index contributed by atoms with van der Waals surface area (Å²) in [4.78, 5) is 2.26. The van der Waals surface area contributed by atoms with E-state index < -0.39 is 5.60 Å². The number of likely N-dealkylation sites (N-methyl/N-ethyl adjacent to an activating group) is 1. The number of halogens is 1. The van der Waals surface area contributed by atoms with Crippen LogP contribution >= 0.6 is 11.6 Å². The minimum atomic E-state index is -0.680. The molecule has 15 heavy (non-hydrogen) atoms. The van der Waals surface area contributed by atoms with Crippen molar-refractivity contribution >= 4 is 11.6 Å². The molecule has 1 saturated heterocycles. The fraction of sp³-hybridized carbons (Fsp3) is 0.500. The van der Waals surface area contributed by atoms with Gasteiger partial charge in [0.25, 0.3) is 0 Å². The van der Waals surface area contributed by atoms with Gasteiger partial charge in [-0.1, -0.05) is 30.7 Å². The number of benzene rings is 1. The molecule has 0 spiro atoms. The van der Waals surface area contributed by atoms with Crippen molar-refractivity contribution in [1.29, 1.82) is 0 Å². The predicted molar refractivity (Wildman–Crippen MR) is 62.1 cm³/mol. The molecule has 1 aliphatic rings. The molecule has 82 valence electrons. The third-order valence-corrected chi connectivity index (χ3v) is 3.41. The number of likely N-dealkylation sites (tertiary alicyclic amines) is 1. The molecule has 1 N–H and O–H groups in total. The molecule has 0 aliphatic carbocycles. The molecular formula is C12H16ClNO. The summed E-state index contributed by atoms with van der Waals surface area (Å²) in [5.74, 6) is 0. The molecule has 1 heterocycles. The Balaban J connectivity index is 2.20. The Morgan fingerprint density at radius 2 is 2.07 bits per heavy atom. The zero-order chi connectivity index (χ0) is 10.9. The van der Waals surface area contributed by atoms with E-state index in [1.807, 2.05) is 24.3 Å². The van der Waals surface area contributed by atoms with Crippen molar-refractivity contribution in [3.63, 3.8) is 0 Å². The summed E-state index contributed by atoms with van der Waals surface area (Å²) in [6, 6.07) is 7.51. The van der Waals surface area contributed by atoms with Crippen molar-refractivity contribution < 1.29 is 5.11 Å². The number of rotatable bonds is 2. The number of nitrogens with zero attached hydrogens (tertiary/aromatic N) is 1. The van der Waals surface area contributed by atoms with Crippen molar-refractivity contribution in [3.05, 3.63) is 34.9 Å². The van der Waals surface area contributed by atoms with E-state index in [4.69, 9.17) is 11.6 Å². The van der Waals surface area contributed by atoms with Gasteiger partial charge in [0.1, 0.15) is 5.60 Å². The molecule has 0 amide bonds. The highest BCUT2D eigenvalue weighted by Gasteiger charge is 2.36. The highest BCUT2D eigenvalue weighted by molar-refractivity contribution is 6.30. The number of β-amino-alcohol motifs (C(OH)–C–C–N with tert-alkyl or cyclic N) is 1. The Morgan fingerprint density at radius 1 is 1.40 bits per heavy atom. The molecule has 1 aliphatic heterocycles. The van der Waals surface area contributed by atoms with Crippen LogP contribution in [0.1, 0.15) is 18.9 Å². The molecule has 1 aromatic carbocycles. The lowest BCUT2D eigenvalue weighted by molar-refractivity contribution is 0.0467. The molecule has 0 bridgehead atoms. The smallest absolute Gasteiger partial charge is 0.103 e. The molecule has 2 nitrogen and oxygen atoms in total. The quantitative estimate of drug-likeness (QED) is 0.835. The van der Waals surface area contributed by atoms with E-state index in [0.29, 0.717) is 5.02 Å². The minimum Gasteiger partial charge on any atom is -0.384 e. The highest BCUT2D eigenvalue weighted by atomic mass is 35.5. The summed E-state index contributed by atoms with van der Waals surface area (Å²) in [6.07, 6.45) is 0.808. The van der Waals surface area contributed by atoms with Gasteiger partial charge in [0.2, 0.25) is 0 Å². The van der Waals surface area contributed by atoms with E-state index in [1.165, 1.54) is 0 Å². The van der Waals surface area contributed by atoms with Crippen LogP contribution in [0.4, 0.5) is 0 Å². The fourth-order valence-corrected chi connectivity index (χ4v) is 2.26. The van der Waals surface area contributed by atoms with E-state index in [1.54, 1.807) is 0 Å². The SMILES string of the molecule is CCN1CCC(O)(c2ccc(Cl)cc2)C1. The average molecular weight is 226 g/mol. The van der Waals surface area contributed by atoms with Gasteiger partial charge in [-0.2, -0.15) is 0 Å². The van der Waals surface area contributed by atoms with Crippen LogP contribution in [0, 0.1) is 0 Å². The van der Waals surface area contributed by atoms with Gasteiger partial charge in [-0.05, 0) is 30.7 Å². The first kappa shape index (κ1) is 10.9. The zero-order valence-corrected chi connectivity index (χ0v) is 9.67. The number of hydrogen-bond acceptors (Lipinski definition) is 2. The number of hydrogen-bond donors (Lipinski definition) is 1. The molecule has 0 radical (unpaired) electrons. The lowest BCUT2D eigenvalue weighted by Gasteiger charge is -2.23. The maximum atomic E-state index is 10.5. The van der Waals surface area contributed by atoms with Gasteiger partial charge < -0.3 is 10.0 Å². The van der Waals surface area contributed by atoms with Crippen molar-refractivity contribution in [2.24, 2.45) is 0 Å². The van der Waals surface area contributed by atoms with E-state index in [9.17, 15) is 5.11 Å².